The molecule has 0 aliphatic rings. The van der Waals surface area contributed by atoms with Gasteiger partial charge in [0.15, 0.2) is 11.5 Å². The van der Waals surface area contributed by atoms with E-state index in [0.29, 0.717) is 3.57 Å². The third-order valence-corrected chi connectivity index (χ3v) is 3.99. The maximum atomic E-state index is 14.2. The molecule has 0 unspecified atom stereocenters. The van der Waals surface area contributed by atoms with E-state index in [2.05, 4.69) is 21.0 Å². The predicted octanol–water partition coefficient (Wildman–Crippen LogP) is 2.01. The number of nitrogens with zero attached hydrogens (tertiary/aromatic N) is 3. The second-order valence-electron chi connectivity index (χ2n) is 5.03. The maximum Gasteiger partial charge on any atom is 0.278 e. The molecule has 0 spiro atoms. The lowest BCUT2D eigenvalue weighted by molar-refractivity contribution is 0.0168. The fourth-order valence-corrected chi connectivity index (χ4v) is 2.64. The van der Waals surface area contributed by atoms with Crippen molar-refractivity contribution in [2.24, 2.45) is 0 Å². The standard InChI is InChI=1S/C15H12F2IN5O3/c16-10-5-8(18)1-2-12(10)20-13-9(15(25)22-26-4-3-24)6-11(17)14-21-19-7-23(13)14/h1-2,5-7,20,24H,3-4H2,(H,22,25). The summed E-state index contributed by atoms with van der Waals surface area (Å²) >= 11 is 1.96. The van der Waals surface area contributed by atoms with E-state index < -0.39 is 17.5 Å². The third-order valence-electron chi connectivity index (χ3n) is 3.32. The molecular weight excluding hydrogens is 463 g/mol. The average Bonchev–Trinajstić information content (AvgIpc) is 3.09. The number of halogens is 3. The second kappa shape index (κ2) is 7.88. The molecule has 0 atom stereocenters. The van der Waals surface area contributed by atoms with Gasteiger partial charge in [0.2, 0.25) is 0 Å². The number of aliphatic hydroxyl groups is 1. The van der Waals surface area contributed by atoms with Crippen LogP contribution in [0.1, 0.15) is 10.4 Å². The van der Waals surface area contributed by atoms with Crippen LogP contribution < -0.4 is 10.8 Å². The van der Waals surface area contributed by atoms with Crippen molar-refractivity contribution in [1.82, 2.24) is 20.1 Å². The normalized spacial score (nSPS) is 10.9. The van der Waals surface area contributed by atoms with E-state index in [9.17, 15) is 13.6 Å². The molecule has 0 bridgehead atoms. The monoisotopic (exact) mass is 475 g/mol. The van der Waals surface area contributed by atoms with Crippen LogP contribution in [0.4, 0.5) is 20.3 Å². The Morgan fingerprint density at radius 1 is 1.31 bits per heavy atom. The SMILES string of the molecule is O=C(NOCCO)c1cc(F)c2nncn2c1Nc1ccc(I)cc1F. The van der Waals surface area contributed by atoms with Crippen LogP contribution in [0, 0.1) is 15.2 Å². The van der Waals surface area contributed by atoms with Crippen molar-refractivity contribution < 1.29 is 23.5 Å². The van der Waals surface area contributed by atoms with E-state index in [1.54, 1.807) is 6.07 Å². The summed E-state index contributed by atoms with van der Waals surface area (Å²) in [6.45, 7) is -0.449. The molecule has 26 heavy (non-hydrogen) atoms. The zero-order valence-electron chi connectivity index (χ0n) is 13.0. The van der Waals surface area contributed by atoms with Crippen LogP contribution in [0.25, 0.3) is 5.65 Å². The molecule has 0 fully saturated rings. The van der Waals surface area contributed by atoms with Crippen molar-refractivity contribution in [3.05, 3.63) is 51.4 Å². The number of nitrogens with one attached hydrogen (secondary N) is 2. The summed E-state index contributed by atoms with van der Waals surface area (Å²) in [4.78, 5) is 17.1. The highest BCUT2D eigenvalue weighted by Gasteiger charge is 2.20. The van der Waals surface area contributed by atoms with Gasteiger partial charge in [-0.25, -0.2) is 14.3 Å². The first-order chi connectivity index (χ1) is 12.5. The Hall–Kier alpha value is -2.38. The van der Waals surface area contributed by atoms with Gasteiger partial charge in [0, 0.05) is 3.57 Å². The lowest BCUT2D eigenvalue weighted by Crippen LogP contribution is -2.26. The molecule has 11 heteroatoms. The molecular formula is C15H12F2IN5O3. The molecule has 0 saturated carbocycles. The molecule has 0 saturated heterocycles. The fourth-order valence-electron chi connectivity index (χ4n) is 2.19. The van der Waals surface area contributed by atoms with Gasteiger partial charge in [0.1, 0.15) is 18.0 Å². The van der Waals surface area contributed by atoms with Crippen LogP contribution in [-0.4, -0.2) is 38.8 Å². The van der Waals surface area contributed by atoms with Crippen LogP contribution >= 0.6 is 22.6 Å². The molecule has 0 radical (unpaired) electrons. The minimum absolute atomic E-state index is 0.0524. The van der Waals surface area contributed by atoms with Gasteiger partial charge in [0.25, 0.3) is 5.91 Å². The van der Waals surface area contributed by atoms with Gasteiger partial charge >= 0.3 is 0 Å². The summed E-state index contributed by atoms with van der Waals surface area (Å²) in [5.74, 6) is -2.08. The van der Waals surface area contributed by atoms with Crippen molar-refractivity contribution in [1.29, 1.82) is 0 Å². The Morgan fingerprint density at radius 2 is 2.12 bits per heavy atom. The number of anilines is 2. The number of pyridine rings is 1. The van der Waals surface area contributed by atoms with E-state index in [1.807, 2.05) is 22.6 Å². The number of aromatic nitrogens is 3. The van der Waals surface area contributed by atoms with Gasteiger partial charge in [-0.3, -0.25) is 14.0 Å². The summed E-state index contributed by atoms with van der Waals surface area (Å²) in [6, 6.07) is 5.40. The summed E-state index contributed by atoms with van der Waals surface area (Å²) in [6.07, 6.45) is 1.19. The minimum Gasteiger partial charge on any atom is -0.394 e. The van der Waals surface area contributed by atoms with Gasteiger partial charge in [-0.1, -0.05) is 0 Å². The lowest BCUT2D eigenvalue weighted by Gasteiger charge is -2.15. The summed E-state index contributed by atoms with van der Waals surface area (Å²) in [5.41, 5.74) is 1.87. The Bertz CT molecular complexity index is 966. The Balaban J connectivity index is 2.06. The minimum atomic E-state index is -0.790. The van der Waals surface area contributed by atoms with Gasteiger partial charge in [-0.15, -0.1) is 10.2 Å². The zero-order chi connectivity index (χ0) is 18.7. The summed E-state index contributed by atoms with van der Waals surface area (Å²) in [5, 5.41) is 18.7. The smallest absolute Gasteiger partial charge is 0.278 e. The Kier molecular flexibility index (Phi) is 5.58. The summed E-state index contributed by atoms with van der Waals surface area (Å²) < 4.78 is 30.3. The molecule has 2 heterocycles. The number of rotatable bonds is 6. The largest absolute Gasteiger partial charge is 0.394 e. The number of hydroxylamine groups is 1. The highest BCUT2D eigenvalue weighted by molar-refractivity contribution is 14.1. The lowest BCUT2D eigenvalue weighted by atomic mass is 10.2. The topological polar surface area (TPSA) is 101 Å². The van der Waals surface area contributed by atoms with E-state index in [-0.39, 0.29) is 35.9 Å². The zero-order valence-corrected chi connectivity index (χ0v) is 15.2. The molecule has 0 aliphatic heterocycles. The van der Waals surface area contributed by atoms with Crippen LogP contribution in [0.3, 0.4) is 0 Å². The molecule has 3 rings (SSSR count). The number of hydrogen-bond donors (Lipinski definition) is 3. The van der Waals surface area contributed by atoms with Crippen LogP contribution in [-0.2, 0) is 4.84 Å². The van der Waals surface area contributed by atoms with Crippen molar-refractivity contribution in [2.75, 3.05) is 18.5 Å². The summed E-state index contributed by atoms with van der Waals surface area (Å²) in [7, 11) is 0. The third kappa shape index (κ3) is 3.73. The number of benzene rings is 1. The maximum absolute atomic E-state index is 14.2. The predicted molar refractivity (Wildman–Crippen MR) is 95.8 cm³/mol. The molecule has 3 aromatic rings. The molecule has 3 N–H and O–H groups in total. The van der Waals surface area contributed by atoms with Crippen molar-refractivity contribution in [2.45, 2.75) is 0 Å². The quantitative estimate of drug-likeness (QED) is 0.287. The second-order valence-corrected chi connectivity index (χ2v) is 6.28. The first-order valence-corrected chi connectivity index (χ1v) is 8.36. The first-order valence-electron chi connectivity index (χ1n) is 7.28. The highest BCUT2D eigenvalue weighted by atomic mass is 127. The molecule has 0 aliphatic carbocycles. The average molecular weight is 475 g/mol. The fraction of sp³-hybridized carbons (Fsp3) is 0.133. The molecule has 2 aromatic heterocycles. The Labute approximate surface area is 159 Å². The number of fused-ring (bicyclic) bond motifs is 1. The van der Waals surface area contributed by atoms with Gasteiger partial charge in [0.05, 0.1) is 24.5 Å². The van der Waals surface area contributed by atoms with Crippen molar-refractivity contribution in [3.8, 4) is 0 Å². The van der Waals surface area contributed by atoms with Crippen LogP contribution in [0.2, 0.25) is 0 Å². The van der Waals surface area contributed by atoms with Crippen LogP contribution in [0.5, 0.6) is 0 Å². The Morgan fingerprint density at radius 3 is 2.85 bits per heavy atom. The van der Waals surface area contributed by atoms with E-state index in [1.165, 1.54) is 22.9 Å². The first kappa shape index (κ1) is 18.4. The molecule has 1 amide bonds. The number of carbonyl (C=O) groups is 1. The van der Waals surface area contributed by atoms with Gasteiger partial charge in [-0.05, 0) is 46.9 Å². The highest BCUT2D eigenvalue weighted by Crippen LogP contribution is 2.26. The van der Waals surface area contributed by atoms with E-state index in [4.69, 9.17) is 9.94 Å². The molecule has 1 aromatic carbocycles. The van der Waals surface area contributed by atoms with Gasteiger partial charge < -0.3 is 10.4 Å². The van der Waals surface area contributed by atoms with E-state index >= 15 is 0 Å². The number of aliphatic hydroxyl groups excluding tert-OH is 1. The van der Waals surface area contributed by atoms with E-state index in [0.717, 1.165) is 6.07 Å². The van der Waals surface area contributed by atoms with Crippen molar-refractivity contribution >= 4 is 45.7 Å². The number of carbonyl (C=O) groups excluding carboxylic acids is 1. The molecule has 136 valence electrons. The number of hydrogen-bond acceptors (Lipinski definition) is 6. The van der Waals surface area contributed by atoms with Crippen LogP contribution in [0.15, 0.2) is 30.6 Å². The van der Waals surface area contributed by atoms with Crippen molar-refractivity contribution in [3.63, 3.8) is 0 Å². The molecule has 8 nitrogen and oxygen atoms in total. The van der Waals surface area contributed by atoms with Gasteiger partial charge in [-0.2, -0.15) is 0 Å². The number of amides is 1.